The molecule has 0 radical (unpaired) electrons. The quantitative estimate of drug-likeness (QED) is 0.499. The number of rotatable bonds is 5. The first-order valence-corrected chi connectivity index (χ1v) is 10.8. The van der Waals surface area contributed by atoms with Gasteiger partial charge in [-0.15, -0.1) is 0 Å². The third-order valence-electron chi connectivity index (χ3n) is 6.14. The lowest BCUT2D eigenvalue weighted by atomic mass is 9.99. The van der Waals surface area contributed by atoms with E-state index < -0.39 is 0 Å². The number of methoxy groups -OCH3 is 1. The van der Waals surface area contributed by atoms with Crippen molar-refractivity contribution in [3.05, 3.63) is 72.2 Å². The maximum absolute atomic E-state index is 13.4. The molecule has 0 aliphatic carbocycles. The van der Waals surface area contributed by atoms with E-state index in [-0.39, 0.29) is 17.9 Å². The van der Waals surface area contributed by atoms with Crippen molar-refractivity contribution in [3.8, 4) is 16.9 Å². The van der Waals surface area contributed by atoms with E-state index in [1.165, 1.54) is 0 Å². The van der Waals surface area contributed by atoms with Crippen LogP contribution in [-0.4, -0.2) is 39.4 Å². The fourth-order valence-electron chi connectivity index (χ4n) is 4.55. The number of aromatic nitrogens is 3. The standard InChI is InChI=1S/C25H25N5O2/c1-32-18-10-8-16(9-11-18)20-15-28-25(26)29-24(20)22-7-4-12-30(22)23(31)13-17-14-27-21-6-3-2-5-19(17)21/h2-3,5-6,8-11,14-15,22,27H,4,7,12-13H2,1H3,(H2,26,28,29)/t22-/m1/s1. The minimum atomic E-state index is -0.130. The monoisotopic (exact) mass is 427 g/mol. The van der Waals surface area contributed by atoms with E-state index in [9.17, 15) is 4.79 Å². The molecule has 7 heteroatoms. The molecular weight excluding hydrogens is 402 g/mol. The van der Waals surface area contributed by atoms with Crippen LogP contribution in [0.5, 0.6) is 5.75 Å². The molecule has 0 spiro atoms. The number of hydrogen-bond acceptors (Lipinski definition) is 5. The van der Waals surface area contributed by atoms with Crippen molar-refractivity contribution < 1.29 is 9.53 Å². The number of nitrogens with zero attached hydrogens (tertiary/aromatic N) is 3. The largest absolute Gasteiger partial charge is 0.497 e. The third-order valence-corrected chi connectivity index (χ3v) is 6.14. The van der Waals surface area contributed by atoms with Gasteiger partial charge in [-0.05, 0) is 42.2 Å². The number of amides is 1. The molecule has 5 rings (SSSR count). The highest BCUT2D eigenvalue weighted by atomic mass is 16.5. The first-order chi connectivity index (χ1) is 15.6. The molecule has 1 amide bonds. The molecule has 162 valence electrons. The Kier molecular flexibility index (Phi) is 5.23. The SMILES string of the molecule is COc1ccc(-c2cnc(N)nc2[C@H]2CCCN2C(=O)Cc2c[nH]c3ccccc23)cc1. The molecule has 3 heterocycles. The lowest BCUT2D eigenvalue weighted by Gasteiger charge is -2.26. The molecule has 1 atom stereocenters. The van der Waals surface area contributed by atoms with Gasteiger partial charge in [0.1, 0.15) is 5.75 Å². The third kappa shape index (κ3) is 3.66. The molecule has 4 aromatic rings. The predicted octanol–water partition coefficient (Wildman–Crippen LogP) is 4.12. The molecule has 0 bridgehead atoms. The summed E-state index contributed by atoms with van der Waals surface area (Å²) in [6.07, 6.45) is 5.80. The number of fused-ring (bicyclic) bond motifs is 1. The van der Waals surface area contributed by atoms with Gasteiger partial charge >= 0.3 is 0 Å². The summed E-state index contributed by atoms with van der Waals surface area (Å²) in [4.78, 5) is 27.4. The molecule has 2 aromatic heterocycles. The number of anilines is 1. The number of para-hydroxylation sites is 1. The van der Waals surface area contributed by atoms with Crippen LogP contribution in [0.1, 0.15) is 30.1 Å². The van der Waals surface area contributed by atoms with Crippen LogP contribution in [0, 0.1) is 0 Å². The van der Waals surface area contributed by atoms with E-state index in [0.29, 0.717) is 13.0 Å². The molecule has 32 heavy (non-hydrogen) atoms. The number of nitrogens with one attached hydrogen (secondary N) is 1. The normalized spacial score (nSPS) is 15.9. The molecule has 2 aromatic carbocycles. The van der Waals surface area contributed by atoms with Gasteiger partial charge in [-0.2, -0.15) is 0 Å². The van der Waals surface area contributed by atoms with Gasteiger partial charge in [0, 0.05) is 35.4 Å². The molecule has 0 saturated carbocycles. The Balaban J connectivity index is 1.46. The van der Waals surface area contributed by atoms with Crippen molar-refractivity contribution in [3.63, 3.8) is 0 Å². The van der Waals surface area contributed by atoms with E-state index in [1.807, 2.05) is 59.6 Å². The zero-order valence-electron chi connectivity index (χ0n) is 17.9. The van der Waals surface area contributed by atoms with E-state index in [0.717, 1.165) is 51.9 Å². The molecular formula is C25H25N5O2. The smallest absolute Gasteiger partial charge is 0.227 e. The van der Waals surface area contributed by atoms with Gasteiger partial charge in [-0.3, -0.25) is 4.79 Å². The molecule has 1 aliphatic heterocycles. The number of nitrogens with two attached hydrogens (primary N) is 1. The Morgan fingerprint density at radius 2 is 2.03 bits per heavy atom. The summed E-state index contributed by atoms with van der Waals surface area (Å²) in [5.74, 6) is 1.09. The molecule has 1 fully saturated rings. The number of carbonyl (C=O) groups excluding carboxylic acids is 1. The Morgan fingerprint density at radius 1 is 1.22 bits per heavy atom. The second-order valence-corrected chi connectivity index (χ2v) is 8.04. The highest BCUT2D eigenvalue weighted by Gasteiger charge is 2.33. The van der Waals surface area contributed by atoms with Gasteiger partial charge in [0.15, 0.2) is 0 Å². The number of carbonyl (C=O) groups is 1. The Morgan fingerprint density at radius 3 is 2.84 bits per heavy atom. The van der Waals surface area contributed by atoms with E-state index >= 15 is 0 Å². The minimum absolute atomic E-state index is 0.0927. The first kappa shape index (κ1) is 20.1. The summed E-state index contributed by atoms with van der Waals surface area (Å²) < 4.78 is 5.28. The van der Waals surface area contributed by atoms with Crippen molar-refractivity contribution in [1.82, 2.24) is 19.9 Å². The number of hydrogen-bond donors (Lipinski definition) is 2. The second kappa shape index (κ2) is 8.34. The van der Waals surface area contributed by atoms with Crippen LogP contribution < -0.4 is 10.5 Å². The van der Waals surface area contributed by atoms with Crippen LogP contribution in [0.25, 0.3) is 22.0 Å². The molecule has 7 nitrogen and oxygen atoms in total. The van der Waals surface area contributed by atoms with Crippen LogP contribution in [0.3, 0.4) is 0 Å². The highest BCUT2D eigenvalue weighted by molar-refractivity contribution is 5.89. The average Bonchev–Trinajstić information content (AvgIpc) is 3.47. The zero-order chi connectivity index (χ0) is 22.1. The summed E-state index contributed by atoms with van der Waals surface area (Å²) >= 11 is 0. The van der Waals surface area contributed by atoms with Crippen molar-refractivity contribution in [2.75, 3.05) is 19.4 Å². The summed E-state index contributed by atoms with van der Waals surface area (Å²) in [6.45, 7) is 0.706. The van der Waals surface area contributed by atoms with Crippen LogP contribution >= 0.6 is 0 Å². The van der Waals surface area contributed by atoms with Crippen LogP contribution in [-0.2, 0) is 11.2 Å². The van der Waals surface area contributed by atoms with Gasteiger partial charge in [0.05, 0.1) is 25.3 Å². The van der Waals surface area contributed by atoms with Gasteiger partial charge in [0.2, 0.25) is 11.9 Å². The summed E-state index contributed by atoms with van der Waals surface area (Å²) in [5, 5.41) is 1.08. The Hall–Kier alpha value is -3.87. The molecule has 1 saturated heterocycles. The van der Waals surface area contributed by atoms with Crippen molar-refractivity contribution in [2.45, 2.75) is 25.3 Å². The van der Waals surface area contributed by atoms with Crippen molar-refractivity contribution >= 4 is 22.8 Å². The lowest BCUT2D eigenvalue weighted by molar-refractivity contribution is -0.131. The maximum Gasteiger partial charge on any atom is 0.227 e. The fourth-order valence-corrected chi connectivity index (χ4v) is 4.55. The minimum Gasteiger partial charge on any atom is -0.497 e. The van der Waals surface area contributed by atoms with E-state index in [4.69, 9.17) is 10.5 Å². The number of H-pyrrole nitrogens is 1. The summed E-state index contributed by atoms with van der Waals surface area (Å²) in [7, 11) is 1.64. The fraction of sp³-hybridized carbons (Fsp3) is 0.240. The Bertz CT molecular complexity index is 1270. The summed E-state index contributed by atoms with van der Waals surface area (Å²) in [6, 6.07) is 15.7. The molecule has 3 N–H and O–H groups in total. The highest BCUT2D eigenvalue weighted by Crippen LogP contribution is 2.37. The van der Waals surface area contributed by atoms with Crippen molar-refractivity contribution in [2.24, 2.45) is 0 Å². The van der Waals surface area contributed by atoms with Crippen LogP contribution in [0.15, 0.2) is 60.9 Å². The number of nitrogen functional groups attached to an aromatic ring is 1. The summed E-state index contributed by atoms with van der Waals surface area (Å²) in [5.41, 5.74) is 10.7. The van der Waals surface area contributed by atoms with Gasteiger partial charge in [0.25, 0.3) is 0 Å². The average molecular weight is 428 g/mol. The number of likely N-dealkylation sites (tertiary alicyclic amines) is 1. The van der Waals surface area contributed by atoms with E-state index in [1.54, 1.807) is 13.3 Å². The maximum atomic E-state index is 13.4. The topological polar surface area (TPSA) is 97.1 Å². The van der Waals surface area contributed by atoms with Gasteiger partial charge in [-0.25, -0.2) is 9.97 Å². The van der Waals surface area contributed by atoms with Crippen LogP contribution in [0.2, 0.25) is 0 Å². The van der Waals surface area contributed by atoms with Gasteiger partial charge < -0.3 is 20.4 Å². The zero-order valence-corrected chi connectivity index (χ0v) is 17.9. The van der Waals surface area contributed by atoms with Crippen molar-refractivity contribution in [1.29, 1.82) is 0 Å². The van der Waals surface area contributed by atoms with E-state index in [2.05, 4.69) is 15.0 Å². The Labute approximate surface area is 186 Å². The molecule has 0 unspecified atom stereocenters. The molecule has 1 aliphatic rings. The van der Waals surface area contributed by atoms with Crippen LogP contribution in [0.4, 0.5) is 5.95 Å². The first-order valence-electron chi connectivity index (χ1n) is 10.8. The number of aromatic amines is 1. The number of benzene rings is 2. The van der Waals surface area contributed by atoms with Gasteiger partial charge in [-0.1, -0.05) is 30.3 Å². The number of ether oxygens (including phenoxy) is 1. The second-order valence-electron chi connectivity index (χ2n) is 8.04. The predicted molar refractivity (Wildman–Crippen MR) is 124 cm³/mol. The lowest BCUT2D eigenvalue weighted by Crippen LogP contribution is -2.32.